The van der Waals surface area contributed by atoms with Crippen LogP contribution in [0.25, 0.3) is 0 Å². The van der Waals surface area contributed by atoms with E-state index in [0.717, 1.165) is 6.42 Å². The molecule has 1 aromatic heterocycles. The number of carbonyl (C=O) groups excluding carboxylic acids is 1. The van der Waals surface area contributed by atoms with E-state index in [-0.39, 0.29) is 5.91 Å². The molecule has 90 valence electrons. The summed E-state index contributed by atoms with van der Waals surface area (Å²) in [7, 11) is 1.74. The van der Waals surface area contributed by atoms with Crippen LogP contribution in [0, 0.1) is 0 Å². The number of aromatic nitrogens is 2. The average molecular weight is 290 g/mol. The third-order valence-electron chi connectivity index (χ3n) is 2.06. The molecule has 1 rings (SSSR count). The molecule has 0 aliphatic heterocycles. The van der Waals surface area contributed by atoms with Gasteiger partial charge in [-0.25, -0.2) is 0 Å². The zero-order chi connectivity index (χ0) is 12.0. The maximum absolute atomic E-state index is 11.7. The van der Waals surface area contributed by atoms with Crippen molar-refractivity contribution < 1.29 is 9.53 Å². The number of amides is 1. The summed E-state index contributed by atoms with van der Waals surface area (Å²) in [6.07, 6.45) is 2.42. The fraction of sp³-hybridized carbons (Fsp3) is 0.600. The topological polar surface area (TPSA) is 56.1 Å². The van der Waals surface area contributed by atoms with Crippen molar-refractivity contribution >= 4 is 21.8 Å². The Morgan fingerprint density at radius 3 is 3.00 bits per heavy atom. The highest BCUT2D eigenvalue weighted by Gasteiger charge is 2.14. The first-order valence-electron chi connectivity index (χ1n) is 5.20. The van der Waals surface area contributed by atoms with Gasteiger partial charge in [-0.15, -0.1) is 0 Å². The van der Waals surface area contributed by atoms with Crippen LogP contribution in [0.3, 0.4) is 0 Å². The Kier molecular flexibility index (Phi) is 5.48. The van der Waals surface area contributed by atoms with E-state index in [1.807, 2.05) is 6.92 Å². The Bertz CT molecular complexity index is 332. The van der Waals surface area contributed by atoms with E-state index in [1.165, 1.54) is 0 Å². The van der Waals surface area contributed by atoms with Gasteiger partial charge in [-0.05, 0) is 29.3 Å². The predicted octanol–water partition coefficient (Wildman–Crippen LogP) is 1.34. The van der Waals surface area contributed by atoms with Gasteiger partial charge in [0, 0.05) is 26.8 Å². The number of carbonyl (C=O) groups is 1. The number of ether oxygens (including phenoxy) is 1. The molecule has 1 N–H and O–H groups in total. The Morgan fingerprint density at radius 1 is 1.69 bits per heavy atom. The second kappa shape index (κ2) is 6.65. The number of rotatable bonds is 6. The molecule has 1 heterocycles. The van der Waals surface area contributed by atoms with Crippen LogP contribution in [0.2, 0.25) is 0 Å². The minimum atomic E-state index is -0.122. The molecule has 5 nitrogen and oxygen atoms in total. The zero-order valence-electron chi connectivity index (χ0n) is 9.49. The number of hydrogen-bond donors (Lipinski definition) is 1. The van der Waals surface area contributed by atoms with Crippen molar-refractivity contribution in [2.75, 3.05) is 19.8 Å². The molecule has 0 aliphatic rings. The normalized spacial score (nSPS) is 10.4. The lowest BCUT2D eigenvalue weighted by atomic mass is 10.3. The molecule has 0 fully saturated rings. The first kappa shape index (κ1) is 13.2. The molecule has 0 saturated carbocycles. The first-order chi connectivity index (χ1) is 7.66. The van der Waals surface area contributed by atoms with Crippen LogP contribution in [-0.2, 0) is 11.8 Å². The third kappa shape index (κ3) is 3.61. The molecule has 0 unspecified atom stereocenters. The molecule has 0 spiro atoms. The highest BCUT2D eigenvalue weighted by Crippen LogP contribution is 2.14. The van der Waals surface area contributed by atoms with Gasteiger partial charge in [0.05, 0.1) is 10.7 Å². The van der Waals surface area contributed by atoms with E-state index in [9.17, 15) is 4.79 Å². The molecule has 1 amide bonds. The van der Waals surface area contributed by atoms with Crippen LogP contribution in [0.1, 0.15) is 23.8 Å². The maximum Gasteiger partial charge on any atom is 0.270 e. The van der Waals surface area contributed by atoms with Gasteiger partial charge in [0.1, 0.15) is 5.69 Å². The van der Waals surface area contributed by atoms with E-state index in [4.69, 9.17) is 4.74 Å². The lowest BCUT2D eigenvalue weighted by Crippen LogP contribution is -2.27. The van der Waals surface area contributed by atoms with E-state index >= 15 is 0 Å². The fourth-order valence-corrected chi connectivity index (χ4v) is 1.80. The van der Waals surface area contributed by atoms with Crippen LogP contribution in [0.15, 0.2) is 10.7 Å². The van der Waals surface area contributed by atoms with Crippen LogP contribution in [0.4, 0.5) is 0 Å². The van der Waals surface area contributed by atoms with Crippen molar-refractivity contribution in [1.82, 2.24) is 15.1 Å². The van der Waals surface area contributed by atoms with Crippen molar-refractivity contribution in [1.29, 1.82) is 0 Å². The lowest BCUT2D eigenvalue weighted by molar-refractivity contribution is 0.0934. The van der Waals surface area contributed by atoms with Crippen LogP contribution < -0.4 is 5.32 Å². The summed E-state index contributed by atoms with van der Waals surface area (Å²) < 4.78 is 7.42. The quantitative estimate of drug-likeness (QED) is 0.804. The van der Waals surface area contributed by atoms with Crippen LogP contribution in [-0.4, -0.2) is 35.4 Å². The zero-order valence-corrected chi connectivity index (χ0v) is 11.1. The summed E-state index contributed by atoms with van der Waals surface area (Å²) in [5.74, 6) is -0.122. The second-order valence-corrected chi connectivity index (χ2v) is 4.13. The predicted molar refractivity (Wildman–Crippen MR) is 64.4 cm³/mol. The van der Waals surface area contributed by atoms with Gasteiger partial charge in [-0.2, -0.15) is 5.10 Å². The van der Waals surface area contributed by atoms with Crippen molar-refractivity contribution in [3.8, 4) is 0 Å². The SMILES string of the molecule is CCOCCCNC(=O)c1c(Br)cnn1C. The van der Waals surface area contributed by atoms with Crippen molar-refractivity contribution in [3.63, 3.8) is 0 Å². The lowest BCUT2D eigenvalue weighted by Gasteiger charge is -2.06. The highest BCUT2D eigenvalue weighted by molar-refractivity contribution is 9.10. The Morgan fingerprint density at radius 2 is 2.44 bits per heavy atom. The van der Waals surface area contributed by atoms with Gasteiger partial charge in [0.2, 0.25) is 0 Å². The van der Waals surface area contributed by atoms with E-state index in [2.05, 4.69) is 26.3 Å². The highest BCUT2D eigenvalue weighted by atomic mass is 79.9. The Balaban J connectivity index is 2.36. The van der Waals surface area contributed by atoms with Crippen LogP contribution in [0.5, 0.6) is 0 Å². The largest absolute Gasteiger partial charge is 0.382 e. The molecule has 0 saturated heterocycles. The molecule has 0 atom stereocenters. The summed E-state index contributed by atoms with van der Waals surface area (Å²) >= 11 is 3.28. The fourth-order valence-electron chi connectivity index (χ4n) is 1.27. The van der Waals surface area contributed by atoms with E-state index < -0.39 is 0 Å². The van der Waals surface area contributed by atoms with Crippen LogP contribution >= 0.6 is 15.9 Å². The minimum Gasteiger partial charge on any atom is -0.382 e. The van der Waals surface area contributed by atoms with Crippen molar-refractivity contribution in [2.24, 2.45) is 7.05 Å². The van der Waals surface area contributed by atoms with E-state index in [0.29, 0.717) is 29.9 Å². The number of hydrogen-bond acceptors (Lipinski definition) is 3. The van der Waals surface area contributed by atoms with Gasteiger partial charge >= 0.3 is 0 Å². The monoisotopic (exact) mass is 289 g/mol. The summed E-state index contributed by atoms with van der Waals surface area (Å²) in [5.41, 5.74) is 0.538. The first-order valence-corrected chi connectivity index (χ1v) is 5.99. The number of nitrogens with one attached hydrogen (secondary N) is 1. The molecule has 16 heavy (non-hydrogen) atoms. The Labute approximate surface area is 103 Å². The number of nitrogens with zero attached hydrogens (tertiary/aromatic N) is 2. The van der Waals surface area contributed by atoms with Gasteiger partial charge < -0.3 is 10.1 Å². The summed E-state index contributed by atoms with van der Waals surface area (Å²) in [5, 5.41) is 6.80. The number of aryl methyl sites for hydroxylation is 1. The van der Waals surface area contributed by atoms with E-state index in [1.54, 1.807) is 17.9 Å². The Hall–Kier alpha value is -0.880. The molecule has 0 bridgehead atoms. The molecular formula is C10H16BrN3O2. The number of halogens is 1. The summed E-state index contributed by atoms with van der Waals surface area (Å²) in [6.45, 7) is 3.94. The molecule has 1 aromatic rings. The minimum absolute atomic E-state index is 0.122. The van der Waals surface area contributed by atoms with Gasteiger partial charge in [-0.1, -0.05) is 0 Å². The van der Waals surface area contributed by atoms with Gasteiger partial charge in [0.15, 0.2) is 0 Å². The third-order valence-corrected chi connectivity index (χ3v) is 2.64. The molecule has 6 heteroatoms. The standard InChI is InChI=1S/C10H16BrN3O2/c1-3-16-6-4-5-12-10(15)9-8(11)7-13-14(9)2/h7H,3-6H2,1-2H3,(H,12,15). The summed E-state index contributed by atoms with van der Waals surface area (Å²) in [6, 6.07) is 0. The summed E-state index contributed by atoms with van der Waals surface area (Å²) in [4.78, 5) is 11.7. The van der Waals surface area contributed by atoms with Crippen molar-refractivity contribution in [2.45, 2.75) is 13.3 Å². The molecule has 0 radical (unpaired) electrons. The van der Waals surface area contributed by atoms with Gasteiger partial charge in [-0.3, -0.25) is 9.48 Å². The average Bonchev–Trinajstić information content (AvgIpc) is 2.58. The second-order valence-electron chi connectivity index (χ2n) is 3.27. The smallest absolute Gasteiger partial charge is 0.270 e. The van der Waals surface area contributed by atoms with Gasteiger partial charge in [0.25, 0.3) is 5.91 Å². The van der Waals surface area contributed by atoms with Crippen molar-refractivity contribution in [3.05, 3.63) is 16.4 Å². The molecular weight excluding hydrogens is 274 g/mol. The molecule has 0 aliphatic carbocycles. The molecule has 0 aromatic carbocycles. The maximum atomic E-state index is 11.7.